The maximum atomic E-state index is 12.5. The normalized spacial score (nSPS) is 22.7. The summed E-state index contributed by atoms with van der Waals surface area (Å²) in [5.41, 5.74) is -1.46. The lowest BCUT2D eigenvalue weighted by atomic mass is 10.0. The first-order chi connectivity index (χ1) is 7.04. The van der Waals surface area contributed by atoms with Gasteiger partial charge in [-0.25, -0.2) is 4.99 Å². The van der Waals surface area contributed by atoms with Crippen LogP contribution in [0.5, 0.6) is 0 Å². The van der Waals surface area contributed by atoms with E-state index in [1.54, 1.807) is 6.08 Å². The molecule has 0 aromatic heterocycles. The van der Waals surface area contributed by atoms with Gasteiger partial charge in [0.05, 0.1) is 18.6 Å². The molecule has 0 radical (unpaired) electrons. The van der Waals surface area contributed by atoms with Crippen molar-refractivity contribution in [3.63, 3.8) is 0 Å². The Morgan fingerprint density at radius 1 is 1.40 bits per heavy atom. The van der Waals surface area contributed by atoms with Crippen molar-refractivity contribution >= 4 is 5.90 Å². The van der Waals surface area contributed by atoms with E-state index >= 15 is 0 Å². The van der Waals surface area contributed by atoms with Crippen LogP contribution in [0.4, 0.5) is 13.2 Å². The summed E-state index contributed by atoms with van der Waals surface area (Å²) in [6, 6.07) is 0. The number of hydrogen-bond acceptors (Lipinski definition) is 2. The molecule has 5 heteroatoms. The van der Waals surface area contributed by atoms with Gasteiger partial charge in [0.15, 0.2) is 0 Å². The van der Waals surface area contributed by atoms with E-state index in [4.69, 9.17) is 4.74 Å². The Balaban J connectivity index is 1.76. The molecule has 1 fully saturated rings. The summed E-state index contributed by atoms with van der Waals surface area (Å²) in [7, 11) is 0. The van der Waals surface area contributed by atoms with Gasteiger partial charge in [-0.3, -0.25) is 0 Å². The van der Waals surface area contributed by atoms with Gasteiger partial charge in [-0.2, -0.15) is 13.2 Å². The van der Waals surface area contributed by atoms with E-state index < -0.39 is 11.6 Å². The van der Waals surface area contributed by atoms with Crippen LogP contribution in [-0.4, -0.2) is 25.2 Å². The zero-order valence-electron chi connectivity index (χ0n) is 8.18. The quantitative estimate of drug-likeness (QED) is 0.715. The molecule has 2 nitrogen and oxygen atoms in total. The highest BCUT2D eigenvalue weighted by atomic mass is 19.4. The lowest BCUT2D eigenvalue weighted by Crippen LogP contribution is -2.26. The van der Waals surface area contributed by atoms with E-state index in [1.807, 2.05) is 6.08 Å². The predicted molar refractivity (Wildman–Crippen MR) is 49.7 cm³/mol. The summed E-state index contributed by atoms with van der Waals surface area (Å²) in [4.78, 5) is 3.94. The monoisotopic (exact) mass is 219 g/mol. The van der Waals surface area contributed by atoms with Crippen LogP contribution in [0.2, 0.25) is 0 Å². The van der Waals surface area contributed by atoms with Crippen LogP contribution < -0.4 is 0 Å². The van der Waals surface area contributed by atoms with Gasteiger partial charge in [0.1, 0.15) is 0 Å². The third-order valence-corrected chi connectivity index (χ3v) is 2.90. The molecule has 0 amide bonds. The Hall–Kier alpha value is -1.00. The van der Waals surface area contributed by atoms with Gasteiger partial charge in [0.25, 0.3) is 0 Å². The van der Waals surface area contributed by atoms with Gasteiger partial charge < -0.3 is 4.74 Å². The van der Waals surface area contributed by atoms with E-state index in [1.165, 1.54) is 0 Å². The zero-order valence-corrected chi connectivity index (χ0v) is 8.18. The maximum absolute atomic E-state index is 12.5. The minimum Gasteiger partial charge on any atom is -0.478 e. The molecular formula is C10H12F3NO. The van der Waals surface area contributed by atoms with Gasteiger partial charge in [0.2, 0.25) is 5.90 Å². The van der Waals surface area contributed by atoms with Crippen molar-refractivity contribution in [3.05, 3.63) is 12.2 Å². The van der Waals surface area contributed by atoms with Crippen LogP contribution in [0.15, 0.2) is 17.1 Å². The molecule has 1 saturated carbocycles. The van der Waals surface area contributed by atoms with Crippen molar-refractivity contribution in [3.8, 4) is 0 Å². The zero-order chi connectivity index (χ0) is 10.9. The molecule has 15 heavy (non-hydrogen) atoms. The summed E-state index contributed by atoms with van der Waals surface area (Å²) < 4.78 is 42.6. The van der Waals surface area contributed by atoms with E-state index in [0.717, 1.165) is 0 Å². The Kier molecular flexibility index (Phi) is 2.48. The predicted octanol–water partition coefficient (Wildman–Crippen LogP) is 2.70. The molecule has 1 heterocycles. The fraction of sp³-hybridized carbons (Fsp3) is 0.700. The number of alkyl halides is 3. The second kappa shape index (κ2) is 3.54. The highest BCUT2D eigenvalue weighted by Gasteiger charge is 2.62. The van der Waals surface area contributed by atoms with Crippen molar-refractivity contribution in [1.29, 1.82) is 0 Å². The van der Waals surface area contributed by atoms with Crippen molar-refractivity contribution in [2.24, 2.45) is 10.4 Å². The van der Waals surface area contributed by atoms with Crippen molar-refractivity contribution in [1.82, 2.24) is 0 Å². The second-order valence-electron chi connectivity index (χ2n) is 3.96. The van der Waals surface area contributed by atoms with E-state index in [2.05, 4.69) is 4.99 Å². The Bertz CT molecular complexity index is 302. The van der Waals surface area contributed by atoms with Crippen LogP contribution in [0.3, 0.4) is 0 Å². The average molecular weight is 219 g/mol. The molecule has 84 valence electrons. The molecule has 0 N–H and O–H groups in total. The second-order valence-corrected chi connectivity index (χ2v) is 3.96. The maximum Gasteiger partial charge on any atom is 0.394 e. The lowest BCUT2D eigenvalue weighted by molar-refractivity contribution is -0.190. The third kappa shape index (κ3) is 2.16. The van der Waals surface area contributed by atoms with Crippen molar-refractivity contribution in [2.75, 3.05) is 13.2 Å². The fourth-order valence-electron chi connectivity index (χ4n) is 1.62. The molecule has 1 aliphatic heterocycles. The topological polar surface area (TPSA) is 21.6 Å². The minimum absolute atomic E-state index is 0.0450. The first kappa shape index (κ1) is 10.5. The third-order valence-electron chi connectivity index (χ3n) is 2.90. The van der Waals surface area contributed by atoms with E-state index in [9.17, 15) is 13.2 Å². The number of ether oxygens (including phenoxy) is 1. The molecule has 1 aliphatic carbocycles. The fourth-order valence-corrected chi connectivity index (χ4v) is 1.62. The molecule has 2 aliphatic rings. The smallest absolute Gasteiger partial charge is 0.394 e. The van der Waals surface area contributed by atoms with Crippen LogP contribution in [0, 0.1) is 5.41 Å². The summed E-state index contributed by atoms with van der Waals surface area (Å²) in [6.07, 6.45) is -0.0590. The SMILES string of the molecule is FC(F)(F)C1(CCOC2=NCC=C2)CC1. The molecule has 2 rings (SSSR count). The van der Waals surface area contributed by atoms with Crippen LogP contribution in [0.1, 0.15) is 19.3 Å². The first-order valence-electron chi connectivity index (χ1n) is 4.94. The number of halogens is 3. The van der Waals surface area contributed by atoms with Gasteiger partial charge in [-0.15, -0.1) is 0 Å². The summed E-state index contributed by atoms with van der Waals surface area (Å²) in [5.74, 6) is 0.452. The average Bonchev–Trinajstić information content (AvgIpc) is 2.75. The Morgan fingerprint density at radius 2 is 2.13 bits per heavy atom. The summed E-state index contributed by atoms with van der Waals surface area (Å²) in [5, 5.41) is 0. The summed E-state index contributed by atoms with van der Waals surface area (Å²) >= 11 is 0. The molecule has 0 unspecified atom stereocenters. The molecule has 0 saturated heterocycles. The van der Waals surface area contributed by atoms with E-state index in [-0.39, 0.29) is 25.9 Å². The standard InChI is InChI=1S/C10H12F3NO/c11-10(12,13)9(3-4-9)5-7-15-8-2-1-6-14-8/h1-2H,3-7H2. The van der Waals surface area contributed by atoms with E-state index in [0.29, 0.717) is 12.4 Å². The van der Waals surface area contributed by atoms with Crippen molar-refractivity contribution in [2.45, 2.75) is 25.4 Å². The number of hydrogen-bond donors (Lipinski definition) is 0. The largest absolute Gasteiger partial charge is 0.478 e. The minimum atomic E-state index is -4.08. The number of rotatable bonds is 3. The molecule has 0 aromatic rings. The Morgan fingerprint density at radius 3 is 2.60 bits per heavy atom. The highest BCUT2D eigenvalue weighted by Crippen LogP contribution is 2.59. The van der Waals surface area contributed by atoms with Gasteiger partial charge in [-0.1, -0.05) is 6.08 Å². The van der Waals surface area contributed by atoms with Gasteiger partial charge >= 0.3 is 6.18 Å². The number of nitrogens with zero attached hydrogens (tertiary/aromatic N) is 1. The lowest BCUT2D eigenvalue weighted by Gasteiger charge is -2.18. The van der Waals surface area contributed by atoms with Crippen LogP contribution in [0.25, 0.3) is 0 Å². The van der Waals surface area contributed by atoms with Crippen molar-refractivity contribution < 1.29 is 17.9 Å². The van der Waals surface area contributed by atoms with Crippen LogP contribution >= 0.6 is 0 Å². The Labute approximate surface area is 85.8 Å². The van der Waals surface area contributed by atoms with Gasteiger partial charge in [0, 0.05) is 0 Å². The molecular weight excluding hydrogens is 207 g/mol. The first-order valence-corrected chi connectivity index (χ1v) is 4.94. The number of aliphatic imine (C=N–C) groups is 1. The molecule has 0 spiro atoms. The molecule has 0 bridgehead atoms. The molecule has 0 atom stereocenters. The highest BCUT2D eigenvalue weighted by molar-refractivity contribution is 5.89. The molecule has 0 aromatic carbocycles. The summed E-state index contributed by atoms with van der Waals surface area (Å²) in [6.45, 7) is 0.669. The van der Waals surface area contributed by atoms with Gasteiger partial charge in [-0.05, 0) is 25.3 Å². The van der Waals surface area contributed by atoms with Crippen LogP contribution in [-0.2, 0) is 4.74 Å².